The van der Waals surface area contributed by atoms with Crippen LogP contribution in [-0.2, 0) is 6.54 Å². The molecule has 21 heavy (non-hydrogen) atoms. The van der Waals surface area contributed by atoms with Crippen LogP contribution in [0.2, 0.25) is 0 Å². The molecule has 0 radical (unpaired) electrons. The van der Waals surface area contributed by atoms with Gasteiger partial charge in [-0.3, -0.25) is 0 Å². The standard InChI is InChI=1S/C15H25N3O3/c1-10(2)6-13(19)9-17-8-12-7-11(15(16)18-20)4-5-14(12)21-3/h4-5,7,10,13,17,19-20H,6,8-9H2,1-3H3,(H2,16,18). The lowest BCUT2D eigenvalue weighted by Gasteiger charge is -2.15. The van der Waals surface area contributed by atoms with Gasteiger partial charge in [0, 0.05) is 24.2 Å². The summed E-state index contributed by atoms with van der Waals surface area (Å²) < 4.78 is 5.29. The molecule has 0 spiro atoms. The van der Waals surface area contributed by atoms with Crippen LogP contribution in [0.4, 0.5) is 0 Å². The minimum Gasteiger partial charge on any atom is -0.496 e. The number of amidine groups is 1. The number of nitrogens with one attached hydrogen (secondary N) is 1. The summed E-state index contributed by atoms with van der Waals surface area (Å²) in [5.41, 5.74) is 7.10. The van der Waals surface area contributed by atoms with Gasteiger partial charge in [-0.05, 0) is 30.5 Å². The number of nitrogens with zero attached hydrogens (tertiary/aromatic N) is 1. The van der Waals surface area contributed by atoms with Crippen LogP contribution in [0.1, 0.15) is 31.4 Å². The maximum atomic E-state index is 9.84. The molecular formula is C15H25N3O3. The van der Waals surface area contributed by atoms with Crippen molar-refractivity contribution in [3.05, 3.63) is 29.3 Å². The van der Waals surface area contributed by atoms with Crippen molar-refractivity contribution in [3.63, 3.8) is 0 Å². The van der Waals surface area contributed by atoms with Crippen LogP contribution in [0.25, 0.3) is 0 Å². The van der Waals surface area contributed by atoms with E-state index < -0.39 is 0 Å². The molecule has 0 aromatic heterocycles. The monoisotopic (exact) mass is 295 g/mol. The first-order chi connectivity index (χ1) is 9.97. The Morgan fingerprint density at radius 3 is 2.71 bits per heavy atom. The lowest BCUT2D eigenvalue weighted by molar-refractivity contribution is 0.146. The van der Waals surface area contributed by atoms with Gasteiger partial charge in [0.25, 0.3) is 0 Å². The SMILES string of the molecule is COc1ccc(/C(N)=N/O)cc1CNCC(O)CC(C)C. The molecule has 0 fully saturated rings. The summed E-state index contributed by atoms with van der Waals surface area (Å²) in [6.07, 6.45) is 0.386. The van der Waals surface area contributed by atoms with E-state index in [0.29, 0.717) is 24.6 Å². The topological polar surface area (TPSA) is 100 Å². The fourth-order valence-electron chi connectivity index (χ4n) is 2.13. The molecule has 118 valence electrons. The molecule has 0 aliphatic carbocycles. The Balaban J connectivity index is 2.68. The summed E-state index contributed by atoms with van der Waals surface area (Å²) >= 11 is 0. The molecule has 0 aliphatic rings. The number of hydrogen-bond donors (Lipinski definition) is 4. The Hall–Kier alpha value is -1.79. The first kappa shape index (κ1) is 17.3. The quantitative estimate of drug-likeness (QED) is 0.251. The van der Waals surface area contributed by atoms with Gasteiger partial charge >= 0.3 is 0 Å². The number of rotatable bonds is 8. The highest BCUT2D eigenvalue weighted by atomic mass is 16.5. The Morgan fingerprint density at radius 2 is 2.14 bits per heavy atom. The Labute approximate surface area is 125 Å². The fraction of sp³-hybridized carbons (Fsp3) is 0.533. The van der Waals surface area contributed by atoms with E-state index in [4.69, 9.17) is 15.7 Å². The van der Waals surface area contributed by atoms with Gasteiger partial charge in [0.1, 0.15) is 5.75 Å². The predicted octanol–water partition coefficient (Wildman–Crippen LogP) is 1.29. The number of benzene rings is 1. The van der Waals surface area contributed by atoms with E-state index in [1.807, 2.05) is 0 Å². The number of oxime groups is 1. The number of aliphatic hydroxyl groups is 1. The van der Waals surface area contributed by atoms with E-state index in [1.165, 1.54) is 0 Å². The maximum absolute atomic E-state index is 9.84. The van der Waals surface area contributed by atoms with Crippen molar-refractivity contribution in [1.82, 2.24) is 5.32 Å². The lowest BCUT2D eigenvalue weighted by Crippen LogP contribution is -2.27. The summed E-state index contributed by atoms with van der Waals surface area (Å²) in [4.78, 5) is 0. The highest BCUT2D eigenvalue weighted by molar-refractivity contribution is 5.97. The average molecular weight is 295 g/mol. The molecule has 5 N–H and O–H groups in total. The first-order valence-electron chi connectivity index (χ1n) is 7.01. The van der Waals surface area contributed by atoms with Crippen molar-refractivity contribution in [3.8, 4) is 5.75 Å². The minimum atomic E-state index is -0.372. The first-order valence-corrected chi connectivity index (χ1v) is 7.01. The number of methoxy groups -OCH3 is 1. The Bertz CT molecular complexity index is 475. The largest absolute Gasteiger partial charge is 0.496 e. The summed E-state index contributed by atoms with van der Waals surface area (Å²) in [6, 6.07) is 5.30. The normalized spacial score (nSPS) is 13.5. The number of ether oxygens (including phenoxy) is 1. The van der Waals surface area contributed by atoms with Gasteiger partial charge in [-0.2, -0.15) is 0 Å². The van der Waals surface area contributed by atoms with E-state index in [2.05, 4.69) is 24.3 Å². The van der Waals surface area contributed by atoms with Gasteiger partial charge in [0.15, 0.2) is 5.84 Å². The van der Waals surface area contributed by atoms with Crippen molar-refractivity contribution in [1.29, 1.82) is 0 Å². The molecule has 0 heterocycles. The molecule has 0 amide bonds. The van der Waals surface area contributed by atoms with Crippen LogP contribution in [0.15, 0.2) is 23.4 Å². The van der Waals surface area contributed by atoms with Crippen molar-refractivity contribution in [2.45, 2.75) is 32.9 Å². The van der Waals surface area contributed by atoms with Gasteiger partial charge in [-0.1, -0.05) is 19.0 Å². The highest BCUT2D eigenvalue weighted by Crippen LogP contribution is 2.19. The van der Waals surface area contributed by atoms with Gasteiger partial charge in [-0.15, -0.1) is 0 Å². The van der Waals surface area contributed by atoms with Crippen molar-refractivity contribution in [2.75, 3.05) is 13.7 Å². The number of hydrogen-bond acceptors (Lipinski definition) is 5. The van der Waals surface area contributed by atoms with Crippen LogP contribution < -0.4 is 15.8 Å². The van der Waals surface area contributed by atoms with Crippen LogP contribution in [0, 0.1) is 5.92 Å². The molecule has 6 heteroatoms. The van der Waals surface area contributed by atoms with Crippen molar-refractivity contribution < 1.29 is 15.1 Å². The van der Waals surface area contributed by atoms with E-state index in [1.54, 1.807) is 25.3 Å². The third-order valence-corrected chi connectivity index (χ3v) is 3.12. The summed E-state index contributed by atoms with van der Waals surface area (Å²) in [6.45, 7) is 5.19. The second-order valence-corrected chi connectivity index (χ2v) is 5.43. The molecule has 1 aromatic rings. The van der Waals surface area contributed by atoms with Crippen molar-refractivity contribution >= 4 is 5.84 Å². The average Bonchev–Trinajstić information content (AvgIpc) is 2.45. The lowest BCUT2D eigenvalue weighted by atomic mass is 10.1. The van der Waals surface area contributed by atoms with Gasteiger partial charge in [-0.25, -0.2) is 0 Å². The Morgan fingerprint density at radius 1 is 1.43 bits per heavy atom. The summed E-state index contributed by atoms with van der Waals surface area (Å²) in [7, 11) is 1.59. The zero-order valence-corrected chi connectivity index (χ0v) is 12.8. The predicted molar refractivity (Wildman–Crippen MR) is 82.7 cm³/mol. The fourth-order valence-corrected chi connectivity index (χ4v) is 2.13. The third kappa shape index (κ3) is 5.61. The summed E-state index contributed by atoms with van der Waals surface area (Å²) in [5.74, 6) is 1.23. The molecular weight excluding hydrogens is 270 g/mol. The molecule has 1 aromatic carbocycles. The highest BCUT2D eigenvalue weighted by Gasteiger charge is 2.09. The number of nitrogens with two attached hydrogens (primary N) is 1. The second kappa shape index (κ2) is 8.49. The zero-order valence-electron chi connectivity index (χ0n) is 12.8. The number of aliphatic hydroxyl groups excluding tert-OH is 1. The molecule has 0 bridgehead atoms. The van der Waals surface area contributed by atoms with E-state index >= 15 is 0 Å². The molecule has 1 unspecified atom stereocenters. The third-order valence-electron chi connectivity index (χ3n) is 3.12. The molecule has 0 aliphatic heterocycles. The van der Waals surface area contributed by atoms with Crippen LogP contribution in [-0.4, -0.2) is 35.9 Å². The van der Waals surface area contributed by atoms with Crippen LogP contribution in [0.3, 0.4) is 0 Å². The van der Waals surface area contributed by atoms with E-state index in [9.17, 15) is 5.11 Å². The maximum Gasteiger partial charge on any atom is 0.170 e. The molecule has 0 saturated carbocycles. The van der Waals surface area contributed by atoms with Crippen molar-refractivity contribution in [2.24, 2.45) is 16.8 Å². The zero-order chi connectivity index (χ0) is 15.8. The molecule has 6 nitrogen and oxygen atoms in total. The second-order valence-electron chi connectivity index (χ2n) is 5.43. The summed E-state index contributed by atoms with van der Waals surface area (Å²) in [5, 5.41) is 24.7. The van der Waals surface area contributed by atoms with Crippen LogP contribution >= 0.6 is 0 Å². The smallest absolute Gasteiger partial charge is 0.170 e. The van der Waals surface area contributed by atoms with Crippen LogP contribution in [0.5, 0.6) is 5.75 Å². The molecule has 1 rings (SSSR count). The Kier molecular flexibility index (Phi) is 6.98. The van der Waals surface area contributed by atoms with Gasteiger partial charge < -0.3 is 26.1 Å². The minimum absolute atomic E-state index is 0.0544. The van der Waals surface area contributed by atoms with Gasteiger partial charge in [0.05, 0.1) is 13.2 Å². The van der Waals surface area contributed by atoms with Gasteiger partial charge in [0.2, 0.25) is 0 Å². The van der Waals surface area contributed by atoms with E-state index in [0.717, 1.165) is 17.7 Å². The molecule has 1 atom stereocenters. The van der Waals surface area contributed by atoms with E-state index in [-0.39, 0.29) is 11.9 Å². The molecule has 0 saturated heterocycles.